The first-order chi connectivity index (χ1) is 10.5. The summed E-state index contributed by atoms with van der Waals surface area (Å²) >= 11 is 1.66. The fourth-order valence-electron chi connectivity index (χ4n) is 2.47. The van der Waals surface area contributed by atoms with Crippen molar-refractivity contribution < 1.29 is 14.3 Å². The molecule has 2 rings (SSSR count). The number of carbonyl (C=O) groups is 2. The summed E-state index contributed by atoms with van der Waals surface area (Å²) in [6.07, 6.45) is 0.904. The van der Waals surface area contributed by atoms with Gasteiger partial charge < -0.3 is 10.1 Å². The van der Waals surface area contributed by atoms with Crippen molar-refractivity contribution in [1.29, 1.82) is 5.26 Å². The van der Waals surface area contributed by atoms with Gasteiger partial charge in [-0.3, -0.25) is 9.59 Å². The number of hydrogen-bond acceptors (Lipinski definition) is 6. The van der Waals surface area contributed by atoms with Gasteiger partial charge in [0.05, 0.1) is 6.61 Å². The van der Waals surface area contributed by atoms with E-state index in [1.165, 1.54) is 4.88 Å². The topological polar surface area (TPSA) is 79.2 Å². The predicted molar refractivity (Wildman–Crippen MR) is 83.3 cm³/mol. The lowest BCUT2D eigenvalue weighted by atomic mass is 9.85. The van der Waals surface area contributed by atoms with E-state index in [1.807, 2.05) is 25.1 Å². The van der Waals surface area contributed by atoms with E-state index >= 15 is 0 Å². The van der Waals surface area contributed by atoms with E-state index in [0.29, 0.717) is 25.1 Å². The van der Waals surface area contributed by atoms with Crippen LogP contribution < -0.4 is 5.32 Å². The zero-order valence-electron chi connectivity index (χ0n) is 12.6. The SMILES string of the molecule is CCOC(=O)CNC1=C(C#N)C(=O)C[C@@H](c2ccc(C)s2)C1. The number of nitrogens with zero attached hydrogens (tertiary/aromatic N) is 1. The van der Waals surface area contributed by atoms with Crippen LogP contribution in [0.15, 0.2) is 23.4 Å². The third-order valence-electron chi connectivity index (χ3n) is 3.49. The average molecular weight is 318 g/mol. The first-order valence-electron chi connectivity index (χ1n) is 7.17. The first-order valence-corrected chi connectivity index (χ1v) is 7.99. The van der Waals surface area contributed by atoms with Crippen LogP contribution in [0.4, 0.5) is 0 Å². The molecular formula is C16H18N2O3S. The Morgan fingerprint density at radius 2 is 2.27 bits per heavy atom. The van der Waals surface area contributed by atoms with Crippen molar-refractivity contribution in [3.8, 4) is 6.07 Å². The second-order valence-corrected chi connectivity index (χ2v) is 6.42. The van der Waals surface area contributed by atoms with Crippen molar-refractivity contribution in [2.24, 2.45) is 0 Å². The number of carbonyl (C=O) groups excluding carboxylic acids is 2. The molecule has 1 aliphatic rings. The lowest BCUT2D eigenvalue weighted by Gasteiger charge is -2.23. The van der Waals surface area contributed by atoms with Crippen LogP contribution in [-0.2, 0) is 14.3 Å². The molecule has 5 nitrogen and oxygen atoms in total. The van der Waals surface area contributed by atoms with E-state index in [0.717, 1.165) is 4.88 Å². The van der Waals surface area contributed by atoms with Gasteiger partial charge in [-0.05, 0) is 32.4 Å². The minimum absolute atomic E-state index is 0.0299. The number of esters is 1. The molecule has 0 bridgehead atoms. The number of ether oxygens (including phenoxy) is 1. The molecule has 22 heavy (non-hydrogen) atoms. The number of rotatable bonds is 5. The third kappa shape index (κ3) is 3.74. The molecule has 0 spiro atoms. The molecule has 0 saturated carbocycles. The van der Waals surface area contributed by atoms with Gasteiger partial charge in [-0.25, -0.2) is 0 Å². The molecule has 0 radical (unpaired) electrons. The lowest BCUT2D eigenvalue weighted by molar-refractivity contribution is -0.141. The van der Waals surface area contributed by atoms with Crippen LogP contribution in [0.2, 0.25) is 0 Å². The van der Waals surface area contributed by atoms with E-state index in [-0.39, 0.29) is 23.8 Å². The van der Waals surface area contributed by atoms with Crippen molar-refractivity contribution >= 4 is 23.1 Å². The summed E-state index contributed by atoms with van der Waals surface area (Å²) in [5.74, 6) is -0.502. The summed E-state index contributed by atoms with van der Waals surface area (Å²) in [6.45, 7) is 4.03. The van der Waals surface area contributed by atoms with E-state index in [1.54, 1.807) is 18.3 Å². The largest absolute Gasteiger partial charge is 0.465 e. The summed E-state index contributed by atoms with van der Waals surface area (Å²) in [5.41, 5.74) is 0.677. The highest BCUT2D eigenvalue weighted by Crippen LogP contribution is 2.36. The third-order valence-corrected chi connectivity index (χ3v) is 4.65. The summed E-state index contributed by atoms with van der Waals surface area (Å²) < 4.78 is 4.85. The molecule has 0 aromatic carbocycles. The smallest absolute Gasteiger partial charge is 0.325 e. The van der Waals surface area contributed by atoms with Crippen molar-refractivity contribution in [2.45, 2.75) is 32.6 Å². The van der Waals surface area contributed by atoms with Crippen molar-refractivity contribution in [2.75, 3.05) is 13.2 Å². The van der Waals surface area contributed by atoms with Crippen molar-refractivity contribution in [1.82, 2.24) is 5.32 Å². The number of aryl methyl sites for hydroxylation is 1. The fourth-order valence-corrected chi connectivity index (χ4v) is 3.45. The molecule has 0 aliphatic heterocycles. The Labute approximate surface area is 133 Å². The maximum Gasteiger partial charge on any atom is 0.325 e. The van der Waals surface area contributed by atoms with Crippen LogP contribution in [0.25, 0.3) is 0 Å². The molecule has 1 heterocycles. The van der Waals surface area contributed by atoms with Gasteiger partial charge in [0.15, 0.2) is 5.78 Å². The van der Waals surface area contributed by atoms with Crippen LogP contribution in [0.5, 0.6) is 0 Å². The van der Waals surface area contributed by atoms with Crippen LogP contribution in [0.3, 0.4) is 0 Å². The van der Waals surface area contributed by atoms with E-state index in [4.69, 9.17) is 4.74 Å². The van der Waals surface area contributed by atoms with Gasteiger partial charge in [0.25, 0.3) is 0 Å². The minimum Gasteiger partial charge on any atom is -0.465 e. The Morgan fingerprint density at radius 3 is 2.86 bits per heavy atom. The molecule has 0 saturated heterocycles. The van der Waals surface area contributed by atoms with Gasteiger partial charge in [-0.1, -0.05) is 0 Å². The molecule has 116 valence electrons. The van der Waals surface area contributed by atoms with Crippen molar-refractivity contribution in [3.63, 3.8) is 0 Å². The van der Waals surface area contributed by atoms with E-state index < -0.39 is 5.97 Å². The molecule has 1 atom stereocenters. The number of hydrogen-bond donors (Lipinski definition) is 1. The molecular weight excluding hydrogens is 300 g/mol. The molecule has 0 fully saturated rings. The zero-order valence-corrected chi connectivity index (χ0v) is 13.5. The normalized spacial score (nSPS) is 18.0. The summed E-state index contributed by atoms with van der Waals surface area (Å²) in [6, 6.07) is 6.01. The molecule has 1 aliphatic carbocycles. The lowest BCUT2D eigenvalue weighted by Crippen LogP contribution is -2.30. The molecule has 1 N–H and O–H groups in total. The maximum absolute atomic E-state index is 12.2. The highest BCUT2D eigenvalue weighted by molar-refractivity contribution is 7.12. The Hall–Kier alpha value is -2.13. The maximum atomic E-state index is 12.2. The van der Waals surface area contributed by atoms with Crippen LogP contribution >= 0.6 is 11.3 Å². The Bertz CT molecular complexity index is 655. The number of thiophene rings is 1. The monoisotopic (exact) mass is 318 g/mol. The Kier molecular flexibility index (Phi) is 5.34. The molecule has 0 amide bonds. The Morgan fingerprint density at radius 1 is 1.50 bits per heavy atom. The standard InChI is InChI=1S/C16H18N2O3S/c1-3-21-16(20)9-18-13-6-11(7-14(19)12(13)8-17)15-5-4-10(2)22-15/h4-5,11,18H,3,6-7,9H2,1-2H3/t11-/m0/s1. The second kappa shape index (κ2) is 7.23. The Balaban J connectivity index is 2.15. The van der Waals surface area contributed by atoms with Crippen LogP contribution in [-0.4, -0.2) is 24.9 Å². The predicted octanol–water partition coefficient (Wildman–Crippen LogP) is 2.43. The fraction of sp³-hybridized carbons (Fsp3) is 0.438. The molecule has 1 aromatic rings. The van der Waals surface area contributed by atoms with E-state index in [9.17, 15) is 14.9 Å². The molecule has 0 unspecified atom stereocenters. The number of allylic oxidation sites excluding steroid dienone is 2. The average Bonchev–Trinajstić information content (AvgIpc) is 2.91. The van der Waals surface area contributed by atoms with Gasteiger partial charge in [0, 0.05) is 27.8 Å². The van der Waals surface area contributed by atoms with E-state index in [2.05, 4.69) is 5.32 Å². The summed E-state index contributed by atoms with van der Waals surface area (Å²) in [7, 11) is 0. The highest BCUT2D eigenvalue weighted by Gasteiger charge is 2.29. The quantitative estimate of drug-likeness (QED) is 0.844. The zero-order chi connectivity index (χ0) is 16.1. The van der Waals surface area contributed by atoms with Crippen LogP contribution in [0, 0.1) is 18.3 Å². The first kappa shape index (κ1) is 16.2. The minimum atomic E-state index is -0.395. The second-order valence-electron chi connectivity index (χ2n) is 5.10. The van der Waals surface area contributed by atoms with Gasteiger partial charge in [-0.2, -0.15) is 5.26 Å². The number of Topliss-reactive ketones (excluding diaryl/α,β-unsaturated/α-hetero) is 1. The number of ketones is 1. The van der Waals surface area contributed by atoms with Gasteiger partial charge >= 0.3 is 5.97 Å². The van der Waals surface area contributed by atoms with Gasteiger partial charge in [0.2, 0.25) is 0 Å². The van der Waals surface area contributed by atoms with Crippen molar-refractivity contribution in [3.05, 3.63) is 33.2 Å². The summed E-state index contributed by atoms with van der Waals surface area (Å²) in [4.78, 5) is 25.9. The van der Waals surface area contributed by atoms with Gasteiger partial charge in [-0.15, -0.1) is 11.3 Å². The summed E-state index contributed by atoms with van der Waals surface area (Å²) in [5, 5.41) is 12.1. The highest BCUT2D eigenvalue weighted by atomic mass is 32.1. The molecule has 1 aromatic heterocycles. The number of nitrogens with one attached hydrogen (secondary N) is 1. The van der Waals surface area contributed by atoms with Gasteiger partial charge in [0.1, 0.15) is 18.2 Å². The van der Waals surface area contributed by atoms with Crippen LogP contribution in [0.1, 0.15) is 35.4 Å². The molecule has 6 heteroatoms. The number of nitriles is 1.